The van der Waals surface area contributed by atoms with E-state index in [1.54, 1.807) is 13.0 Å². The topological polar surface area (TPSA) is 84.2 Å². The van der Waals surface area contributed by atoms with Gasteiger partial charge >= 0.3 is 0 Å². The van der Waals surface area contributed by atoms with Gasteiger partial charge in [0.2, 0.25) is 5.91 Å². The van der Waals surface area contributed by atoms with Crippen molar-refractivity contribution in [1.82, 2.24) is 10.5 Å². The van der Waals surface area contributed by atoms with Crippen LogP contribution in [0.4, 0.5) is 10.2 Å². The Morgan fingerprint density at radius 2 is 2.08 bits per heavy atom. The predicted octanol–water partition coefficient (Wildman–Crippen LogP) is 3.56. The number of aryl methyl sites for hydroxylation is 1. The number of rotatable bonds is 6. The maximum absolute atomic E-state index is 13.9. The van der Waals surface area contributed by atoms with E-state index in [4.69, 9.17) is 16.1 Å². The first-order valence-electron chi connectivity index (χ1n) is 7.77. The van der Waals surface area contributed by atoms with E-state index in [0.717, 1.165) is 6.07 Å². The van der Waals surface area contributed by atoms with Crippen molar-refractivity contribution in [2.75, 3.05) is 5.32 Å². The third-order valence-electron chi connectivity index (χ3n) is 3.40. The average Bonchev–Trinajstić information content (AvgIpc) is 2.91. The van der Waals surface area contributed by atoms with Gasteiger partial charge in [-0.3, -0.25) is 9.59 Å². The van der Waals surface area contributed by atoms with Crippen molar-refractivity contribution in [3.8, 4) is 0 Å². The molecule has 6 nitrogen and oxygen atoms in total. The summed E-state index contributed by atoms with van der Waals surface area (Å²) in [7, 11) is 0. The Labute approximate surface area is 149 Å². The van der Waals surface area contributed by atoms with Crippen LogP contribution in [-0.4, -0.2) is 23.0 Å². The lowest BCUT2D eigenvalue weighted by atomic mass is 10.0. The molecule has 8 heteroatoms. The Kier molecular flexibility index (Phi) is 6.14. The summed E-state index contributed by atoms with van der Waals surface area (Å²) in [6, 6.07) is 4.63. The Bertz CT molecular complexity index is 756. The van der Waals surface area contributed by atoms with E-state index in [-0.39, 0.29) is 22.3 Å². The van der Waals surface area contributed by atoms with Crippen molar-refractivity contribution >= 4 is 29.2 Å². The van der Waals surface area contributed by atoms with E-state index >= 15 is 0 Å². The lowest BCUT2D eigenvalue weighted by molar-refractivity contribution is -0.118. The van der Waals surface area contributed by atoms with Gasteiger partial charge < -0.3 is 15.2 Å². The average molecular weight is 368 g/mol. The molecule has 25 heavy (non-hydrogen) atoms. The number of carbonyl (C=O) groups is 2. The van der Waals surface area contributed by atoms with Crippen LogP contribution in [0.3, 0.4) is 0 Å². The highest BCUT2D eigenvalue weighted by Gasteiger charge is 2.25. The molecule has 0 unspecified atom stereocenters. The molecule has 1 aromatic heterocycles. The molecule has 2 rings (SSSR count). The van der Waals surface area contributed by atoms with Crippen molar-refractivity contribution in [3.05, 3.63) is 46.4 Å². The number of nitrogens with zero attached hydrogens (tertiary/aromatic N) is 1. The molecular formula is C17H19ClFN3O3. The number of halogens is 2. The molecule has 2 amide bonds. The monoisotopic (exact) mass is 367 g/mol. The number of aromatic nitrogens is 1. The first-order chi connectivity index (χ1) is 11.8. The van der Waals surface area contributed by atoms with Gasteiger partial charge in [0.05, 0.1) is 10.6 Å². The van der Waals surface area contributed by atoms with Crippen molar-refractivity contribution in [3.63, 3.8) is 0 Å². The summed E-state index contributed by atoms with van der Waals surface area (Å²) in [6.45, 7) is 5.50. The lowest BCUT2D eigenvalue weighted by Gasteiger charge is -2.20. The highest BCUT2D eigenvalue weighted by molar-refractivity contribution is 6.33. The number of hydrogen-bond acceptors (Lipinski definition) is 4. The van der Waals surface area contributed by atoms with Gasteiger partial charge in [0, 0.05) is 6.07 Å². The Hall–Kier alpha value is -2.41. The fraction of sp³-hybridized carbons (Fsp3) is 0.353. The van der Waals surface area contributed by atoms with Gasteiger partial charge in [0.25, 0.3) is 5.91 Å². The van der Waals surface area contributed by atoms with E-state index in [9.17, 15) is 14.0 Å². The van der Waals surface area contributed by atoms with Crippen LogP contribution in [0.25, 0.3) is 0 Å². The fourth-order valence-corrected chi connectivity index (χ4v) is 2.54. The molecule has 1 aromatic carbocycles. The van der Waals surface area contributed by atoms with Crippen molar-refractivity contribution in [2.24, 2.45) is 5.92 Å². The molecule has 0 saturated heterocycles. The highest BCUT2D eigenvalue weighted by atomic mass is 35.5. The van der Waals surface area contributed by atoms with E-state index in [2.05, 4.69) is 15.8 Å². The van der Waals surface area contributed by atoms with Gasteiger partial charge in [-0.25, -0.2) is 4.39 Å². The van der Waals surface area contributed by atoms with Crippen molar-refractivity contribution < 1.29 is 18.5 Å². The minimum Gasteiger partial charge on any atom is -0.360 e. The van der Waals surface area contributed by atoms with Crippen LogP contribution in [-0.2, 0) is 4.79 Å². The summed E-state index contributed by atoms with van der Waals surface area (Å²) in [5.74, 6) is -1.07. The van der Waals surface area contributed by atoms with E-state index in [1.165, 1.54) is 12.1 Å². The maximum Gasteiger partial charge on any atom is 0.256 e. The Morgan fingerprint density at radius 3 is 2.64 bits per heavy atom. The molecule has 0 radical (unpaired) electrons. The first-order valence-corrected chi connectivity index (χ1v) is 8.14. The van der Waals surface area contributed by atoms with Crippen molar-refractivity contribution in [1.29, 1.82) is 0 Å². The van der Waals surface area contributed by atoms with Crippen LogP contribution in [0.1, 0.15) is 36.4 Å². The predicted molar refractivity (Wildman–Crippen MR) is 92.0 cm³/mol. The normalized spacial score (nSPS) is 12.1. The number of nitrogens with one attached hydrogen (secondary N) is 2. The van der Waals surface area contributed by atoms with Crippen LogP contribution in [0.15, 0.2) is 28.8 Å². The maximum atomic E-state index is 13.9. The standard InChI is InChI=1S/C17H19ClFN3O3/c1-9(2)7-13(16(23)21-14-8-10(3)25-22-14)20-17(24)15-11(18)5-4-6-12(15)19/h4-6,8-9,13H,7H2,1-3H3,(H,20,24)(H,21,22,23)/t13-/m0/s1. The summed E-state index contributed by atoms with van der Waals surface area (Å²) < 4.78 is 18.8. The molecule has 2 aromatic rings. The van der Waals surface area contributed by atoms with Gasteiger partial charge in [-0.15, -0.1) is 0 Å². The molecule has 0 spiro atoms. The summed E-state index contributed by atoms with van der Waals surface area (Å²) in [6.07, 6.45) is 0.362. The molecule has 0 aliphatic carbocycles. The summed E-state index contributed by atoms with van der Waals surface area (Å²) >= 11 is 5.90. The van der Waals surface area contributed by atoms with Gasteiger partial charge in [-0.05, 0) is 31.4 Å². The van der Waals surface area contributed by atoms with Gasteiger partial charge in [0.1, 0.15) is 17.6 Å². The van der Waals surface area contributed by atoms with Crippen LogP contribution >= 0.6 is 11.6 Å². The van der Waals surface area contributed by atoms with Crippen LogP contribution in [0.2, 0.25) is 5.02 Å². The van der Waals surface area contributed by atoms with E-state index < -0.39 is 23.7 Å². The molecular weight excluding hydrogens is 349 g/mol. The lowest BCUT2D eigenvalue weighted by Crippen LogP contribution is -2.45. The molecule has 0 aliphatic heterocycles. The van der Waals surface area contributed by atoms with Crippen molar-refractivity contribution in [2.45, 2.75) is 33.2 Å². The summed E-state index contributed by atoms with van der Waals surface area (Å²) in [5, 5.41) is 8.77. The molecule has 0 bridgehead atoms. The molecule has 2 N–H and O–H groups in total. The van der Waals surface area contributed by atoms with Gasteiger partial charge in [-0.1, -0.05) is 36.7 Å². The van der Waals surface area contributed by atoms with E-state index in [1.807, 2.05) is 13.8 Å². The zero-order valence-corrected chi connectivity index (χ0v) is 14.9. The molecule has 0 aliphatic rings. The number of anilines is 1. The Morgan fingerprint density at radius 1 is 1.36 bits per heavy atom. The first kappa shape index (κ1) is 18.9. The van der Waals surface area contributed by atoms with Gasteiger partial charge in [-0.2, -0.15) is 0 Å². The number of benzene rings is 1. The highest BCUT2D eigenvalue weighted by Crippen LogP contribution is 2.19. The molecule has 1 atom stereocenters. The molecule has 0 saturated carbocycles. The van der Waals surface area contributed by atoms with Crippen LogP contribution < -0.4 is 10.6 Å². The molecule has 0 fully saturated rings. The zero-order chi connectivity index (χ0) is 18.6. The van der Waals surface area contributed by atoms with Gasteiger partial charge in [0.15, 0.2) is 5.82 Å². The van der Waals surface area contributed by atoms with E-state index in [0.29, 0.717) is 12.2 Å². The minimum atomic E-state index is -0.875. The second-order valence-electron chi connectivity index (χ2n) is 6.06. The summed E-state index contributed by atoms with van der Waals surface area (Å²) in [4.78, 5) is 24.8. The Balaban J connectivity index is 2.16. The third kappa shape index (κ3) is 5.03. The largest absolute Gasteiger partial charge is 0.360 e. The molecule has 1 heterocycles. The summed E-state index contributed by atoms with van der Waals surface area (Å²) in [5.41, 5.74) is -0.289. The minimum absolute atomic E-state index is 0.0201. The molecule has 134 valence electrons. The SMILES string of the molecule is Cc1cc(NC(=O)[C@H](CC(C)C)NC(=O)c2c(F)cccc2Cl)no1. The van der Waals surface area contributed by atoms with Crippen LogP contribution in [0.5, 0.6) is 0 Å². The smallest absolute Gasteiger partial charge is 0.256 e. The number of amides is 2. The number of carbonyl (C=O) groups excluding carboxylic acids is 2. The fourth-order valence-electron chi connectivity index (χ4n) is 2.29. The van der Waals surface area contributed by atoms with Crippen LogP contribution in [0, 0.1) is 18.7 Å². The third-order valence-corrected chi connectivity index (χ3v) is 3.71. The zero-order valence-electron chi connectivity index (χ0n) is 14.1. The quantitative estimate of drug-likeness (QED) is 0.817. The second-order valence-corrected chi connectivity index (χ2v) is 6.47. The number of hydrogen-bond donors (Lipinski definition) is 2. The second kappa shape index (κ2) is 8.11.